The van der Waals surface area contributed by atoms with Crippen molar-refractivity contribution >= 4 is 39.9 Å². The van der Waals surface area contributed by atoms with Gasteiger partial charge in [0.15, 0.2) is 5.13 Å². The maximum absolute atomic E-state index is 12.3. The lowest BCUT2D eigenvalue weighted by Crippen LogP contribution is -2.42. The van der Waals surface area contributed by atoms with E-state index in [9.17, 15) is 9.59 Å². The molecule has 1 fully saturated rings. The van der Waals surface area contributed by atoms with Crippen molar-refractivity contribution in [2.45, 2.75) is 19.8 Å². The number of carboxylic acid groups (broad SMARTS) is 1. The minimum absolute atomic E-state index is 0.174. The van der Waals surface area contributed by atoms with Crippen molar-refractivity contribution in [2.24, 2.45) is 5.92 Å². The summed E-state index contributed by atoms with van der Waals surface area (Å²) in [7, 11) is 0. The summed E-state index contributed by atoms with van der Waals surface area (Å²) < 4.78 is 0. The number of benzene rings is 1. The van der Waals surface area contributed by atoms with Crippen molar-refractivity contribution in [2.75, 3.05) is 25.0 Å². The molecule has 138 valence electrons. The number of likely N-dealkylation sites (tertiary alicyclic amines) is 1. The van der Waals surface area contributed by atoms with E-state index in [1.807, 2.05) is 36.1 Å². The van der Waals surface area contributed by atoms with Gasteiger partial charge in [-0.2, -0.15) is 0 Å². The molecule has 2 N–H and O–H groups in total. The molecule has 1 aliphatic heterocycles. The number of carbonyl (C=O) groups excluding carboxylic acids is 1. The molecular formula is C18H20ClN3O3S. The molecule has 1 amide bonds. The number of carboxylic acids is 1. The number of rotatable bonds is 5. The van der Waals surface area contributed by atoms with Gasteiger partial charge in [0.25, 0.3) is 0 Å². The fraction of sp³-hybridized carbons (Fsp3) is 0.389. The minimum Gasteiger partial charge on any atom is -0.481 e. The highest BCUT2D eigenvalue weighted by Gasteiger charge is 2.26. The normalized spacial score (nSPS) is 17.8. The van der Waals surface area contributed by atoms with E-state index in [1.165, 1.54) is 11.3 Å². The summed E-state index contributed by atoms with van der Waals surface area (Å²) in [5.74, 6) is -1.36. The standard InChI is InChI=1S/C18H20ClN3O3S/c1-11-16(12-4-6-14(19)7-5-12)21-18(26-11)20-15(23)10-22-8-2-3-13(9-22)17(24)25/h4-7,13H,2-3,8-10H2,1H3,(H,24,25)(H,20,21,23). The molecule has 8 heteroatoms. The first kappa shape index (κ1) is 18.8. The van der Waals surface area contributed by atoms with Gasteiger partial charge in [0.2, 0.25) is 5.91 Å². The Labute approximate surface area is 160 Å². The Hall–Kier alpha value is -1.96. The van der Waals surface area contributed by atoms with Gasteiger partial charge in [0.05, 0.1) is 18.2 Å². The summed E-state index contributed by atoms with van der Waals surface area (Å²) in [6, 6.07) is 7.41. The molecule has 0 aliphatic carbocycles. The quantitative estimate of drug-likeness (QED) is 0.812. The Morgan fingerprint density at radius 3 is 2.81 bits per heavy atom. The highest BCUT2D eigenvalue weighted by Crippen LogP contribution is 2.31. The number of hydrogen-bond acceptors (Lipinski definition) is 5. The number of hydrogen-bond donors (Lipinski definition) is 2. The summed E-state index contributed by atoms with van der Waals surface area (Å²) in [4.78, 5) is 30.8. The van der Waals surface area contributed by atoms with Gasteiger partial charge < -0.3 is 10.4 Å². The average Bonchev–Trinajstić information content (AvgIpc) is 2.95. The zero-order valence-corrected chi connectivity index (χ0v) is 15.9. The summed E-state index contributed by atoms with van der Waals surface area (Å²) in [6.45, 7) is 3.29. The van der Waals surface area contributed by atoms with E-state index in [2.05, 4.69) is 10.3 Å². The third-order valence-corrected chi connectivity index (χ3v) is 5.52. The fourth-order valence-corrected chi connectivity index (χ4v) is 4.07. The molecule has 1 unspecified atom stereocenters. The third-order valence-electron chi connectivity index (χ3n) is 4.38. The summed E-state index contributed by atoms with van der Waals surface area (Å²) in [5.41, 5.74) is 1.77. The van der Waals surface area contributed by atoms with Crippen LogP contribution >= 0.6 is 22.9 Å². The fourth-order valence-electron chi connectivity index (χ4n) is 3.09. The lowest BCUT2D eigenvalue weighted by atomic mass is 9.98. The van der Waals surface area contributed by atoms with Crippen LogP contribution in [0.2, 0.25) is 5.02 Å². The Kier molecular flexibility index (Phi) is 5.90. The van der Waals surface area contributed by atoms with Crippen LogP contribution in [0, 0.1) is 12.8 Å². The van der Waals surface area contributed by atoms with Gasteiger partial charge in [-0.15, -0.1) is 11.3 Å². The third kappa shape index (κ3) is 4.60. The van der Waals surface area contributed by atoms with Gasteiger partial charge in [-0.05, 0) is 38.4 Å². The van der Waals surface area contributed by atoms with Crippen molar-refractivity contribution in [1.29, 1.82) is 0 Å². The van der Waals surface area contributed by atoms with Crippen molar-refractivity contribution < 1.29 is 14.7 Å². The number of nitrogens with zero attached hydrogens (tertiary/aromatic N) is 2. The monoisotopic (exact) mass is 393 g/mol. The number of halogens is 1. The van der Waals surface area contributed by atoms with E-state index >= 15 is 0 Å². The highest BCUT2D eigenvalue weighted by atomic mass is 35.5. The molecule has 1 aromatic heterocycles. The van der Waals surface area contributed by atoms with Crippen molar-refractivity contribution in [3.05, 3.63) is 34.2 Å². The van der Waals surface area contributed by atoms with Crippen molar-refractivity contribution in [3.63, 3.8) is 0 Å². The van der Waals surface area contributed by atoms with Crippen LogP contribution in [0.1, 0.15) is 17.7 Å². The topological polar surface area (TPSA) is 82.5 Å². The predicted molar refractivity (Wildman–Crippen MR) is 103 cm³/mol. The molecule has 0 spiro atoms. The van der Waals surface area contributed by atoms with E-state index in [1.54, 1.807) is 0 Å². The van der Waals surface area contributed by atoms with Crippen LogP contribution in [0.5, 0.6) is 0 Å². The Balaban J connectivity index is 1.62. The van der Waals surface area contributed by atoms with Crippen molar-refractivity contribution in [3.8, 4) is 11.3 Å². The van der Waals surface area contributed by atoms with E-state index in [0.717, 1.165) is 29.1 Å². The average molecular weight is 394 g/mol. The molecule has 1 atom stereocenters. The summed E-state index contributed by atoms with van der Waals surface area (Å²) >= 11 is 7.34. The lowest BCUT2D eigenvalue weighted by molar-refractivity contribution is -0.144. The van der Waals surface area contributed by atoms with E-state index in [4.69, 9.17) is 16.7 Å². The molecule has 0 bridgehead atoms. The van der Waals surface area contributed by atoms with Crippen LogP contribution in [-0.4, -0.2) is 46.5 Å². The second kappa shape index (κ2) is 8.16. The van der Waals surface area contributed by atoms with Crippen LogP contribution in [0.15, 0.2) is 24.3 Å². The van der Waals surface area contributed by atoms with Crippen LogP contribution in [0.3, 0.4) is 0 Å². The highest BCUT2D eigenvalue weighted by molar-refractivity contribution is 7.16. The molecular weight excluding hydrogens is 374 g/mol. The first-order chi connectivity index (χ1) is 12.4. The van der Waals surface area contributed by atoms with Gasteiger partial charge in [-0.3, -0.25) is 14.5 Å². The molecule has 1 saturated heterocycles. The molecule has 0 saturated carbocycles. The molecule has 6 nitrogen and oxygen atoms in total. The van der Waals surface area contributed by atoms with Gasteiger partial charge >= 0.3 is 5.97 Å². The largest absolute Gasteiger partial charge is 0.481 e. The lowest BCUT2D eigenvalue weighted by Gasteiger charge is -2.29. The summed E-state index contributed by atoms with van der Waals surface area (Å²) in [6.07, 6.45) is 1.46. The molecule has 1 aromatic carbocycles. The number of aryl methyl sites for hydroxylation is 1. The first-order valence-electron chi connectivity index (χ1n) is 8.41. The van der Waals surface area contributed by atoms with E-state index < -0.39 is 11.9 Å². The zero-order chi connectivity index (χ0) is 18.7. The van der Waals surface area contributed by atoms with Gasteiger partial charge in [-0.25, -0.2) is 4.98 Å². The number of aromatic nitrogens is 1. The number of carbonyl (C=O) groups is 2. The number of thiazole rings is 1. The number of nitrogens with one attached hydrogen (secondary N) is 1. The molecule has 2 heterocycles. The Morgan fingerprint density at radius 1 is 1.38 bits per heavy atom. The van der Waals surface area contributed by atoms with Gasteiger partial charge in [-0.1, -0.05) is 23.7 Å². The Bertz CT molecular complexity index is 807. The zero-order valence-electron chi connectivity index (χ0n) is 14.4. The number of aliphatic carboxylic acids is 1. The number of anilines is 1. The Morgan fingerprint density at radius 2 is 2.12 bits per heavy atom. The van der Waals surface area contributed by atoms with Crippen LogP contribution in [0.25, 0.3) is 11.3 Å². The van der Waals surface area contributed by atoms with Crippen LogP contribution in [0.4, 0.5) is 5.13 Å². The second-order valence-electron chi connectivity index (χ2n) is 6.39. The SMILES string of the molecule is Cc1sc(NC(=O)CN2CCCC(C(=O)O)C2)nc1-c1ccc(Cl)cc1. The predicted octanol–water partition coefficient (Wildman–Crippen LogP) is 3.51. The summed E-state index contributed by atoms with van der Waals surface area (Å²) in [5, 5.41) is 13.2. The van der Waals surface area contributed by atoms with Crippen LogP contribution in [-0.2, 0) is 9.59 Å². The van der Waals surface area contributed by atoms with E-state index in [-0.39, 0.29) is 12.5 Å². The van der Waals surface area contributed by atoms with Gasteiger partial charge in [0.1, 0.15) is 0 Å². The maximum Gasteiger partial charge on any atom is 0.307 e. The molecule has 3 rings (SSSR count). The molecule has 26 heavy (non-hydrogen) atoms. The second-order valence-corrected chi connectivity index (χ2v) is 8.03. The number of piperidine rings is 1. The van der Waals surface area contributed by atoms with Crippen LogP contribution < -0.4 is 5.32 Å². The number of amides is 1. The molecule has 1 aliphatic rings. The van der Waals surface area contributed by atoms with E-state index in [0.29, 0.717) is 23.1 Å². The maximum atomic E-state index is 12.3. The van der Waals surface area contributed by atoms with Crippen molar-refractivity contribution in [1.82, 2.24) is 9.88 Å². The van der Waals surface area contributed by atoms with Gasteiger partial charge in [0, 0.05) is 22.0 Å². The smallest absolute Gasteiger partial charge is 0.307 e. The first-order valence-corrected chi connectivity index (χ1v) is 9.60. The molecule has 0 radical (unpaired) electrons. The molecule has 2 aromatic rings. The minimum atomic E-state index is -0.793.